The summed E-state index contributed by atoms with van der Waals surface area (Å²) < 4.78 is 32.6. The van der Waals surface area contributed by atoms with E-state index in [0.717, 1.165) is 11.3 Å². The Hall–Kier alpha value is -1.64. The third-order valence-electron chi connectivity index (χ3n) is 4.27. The Morgan fingerprint density at radius 3 is 2.76 bits per heavy atom. The molecule has 140 valence electrons. The Morgan fingerprint density at radius 1 is 1.36 bits per heavy atom. The van der Waals surface area contributed by atoms with Gasteiger partial charge in [0.15, 0.2) is 0 Å². The molecule has 0 aliphatic carbocycles. The number of hydrogen-bond acceptors (Lipinski definition) is 4. The van der Waals surface area contributed by atoms with E-state index < -0.39 is 10.2 Å². The van der Waals surface area contributed by atoms with Gasteiger partial charge in [-0.1, -0.05) is 18.2 Å². The summed E-state index contributed by atoms with van der Waals surface area (Å²) >= 11 is 0. The number of nitrogens with one attached hydrogen (secondary N) is 1. The number of ether oxygens (including phenoxy) is 1. The second kappa shape index (κ2) is 8.64. The van der Waals surface area contributed by atoms with Crippen molar-refractivity contribution in [3.8, 4) is 5.75 Å². The second-order valence-electron chi connectivity index (χ2n) is 6.25. The number of carbonyl (C=O) groups is 1. The maximum absolute atomic E-state index is 12.5. The van der Waals surface area contributed by atoms with Gasteiger partial charge in [-0.3, -0.25) is 4.79 Å². The van der Waals surface area contributed by atoms with Gasteiger partial charge in [-0.05, 0) is 25.8 Å². The van der Waals surface area contributed by atoms with Gasteiger partial charge in [0, 0.05) is 39.3 Å². The highest BCUT2D eigenvalue weighted by Crippen LogP contribution is 2.21. The third kappa shape index (κ3) is 4.93. The van der Waals surface area contributed by atoms with Crippen molar-refractivity contribution < 1.29 is 17.9 Å². The summed E-state index contributed by atoms with van der Waals surface area (Å²) in [5.41, 5.74) is 0.909. The molecule has 0 unspecified atom stereocenters. The Labute approximate surface area is 150 Å². The van der Waals surface area contributed by atoms with Crippen LogP contribution in [-0.4, -0.2) is 56.7 Å². The van der Waals surface area contributed by atoms with Gasteiger partial charge in [-0.2, -0.15) is 17.0 Å². The number of hydrogen-bond donors (Lipinski definition) is 1. The number of benzene rings is 1. The van der Waals surface area contributed by atoms with Crippen LogP contribution in [-0.2, 0) is 21.5 Å². The fourth-order valence-electron chi connectivity index (χ4n) is 2.87. The van der Waals surface area contributed by atoms with Crippen LogP contribution in [0.15, 0.2) is 24.3 Å². The summed E-state index contributed by atoms with van der Waals surface area (Å²) in [4.78, 5) is 12.5. The minimum Gasteiger partial charge on any atom is -0.494 e. The first-order valence-electron chi connectivity index (χ1n) is 8.52. The van der Waals surface area contributed by atoms with E-state index in [1.165, 1.54) is 22.7 Å². The third-order valence-corrected chi connectivity index (χ3v) is 6.18. The van der Waals surface area contributed by atoms with Crippen LogP contribution in [0.3, 0.4) is 0 Å². The summed E-state index contributed by atoms with van der Waals surface area (Å²) in [7, 11) is -0.474. The normalized spacial score (nSPS) is 19.0. The molecule has 0 saturated carbocycles. The number of para-hydroxylation sites is 1. The molecule has 1 fully saturated rings. The molecule has 2 rings (SSSR count). The van der Waals surface area contributed by atoms with Crippen LogP contribution in [0, 0.1) is 5.92 Å². The van der Waals surface area contributed by atoms with Gasteiger partial charge in [0.2, 0.25) is 5.91 Å². The van der Waals surface area contributed by atoms with Gasteiger partial charge < -0.3 is 10.1 Å². The predicted molar refractivity (Wildman–Crippen MR) is 96.4 cm³/mol. The molecule has 1 aliphatic heterocycles. The van der Waals surface area contributed by atoms with Gasteiger partial charge >= 0.3 is 0 Å². The van der Waals surface area contributed by atoms with Crippen molar-refractivity contribution in [1.29, 1.82) is 0 Å². The molecule has 7 nitrogen and oxygen atoms in total. The highest BCUT2D eigenvalue weighted by Gasteiger charge is 2.33. The minimum absolute atomic E-state index is 0.120. The number of nitrogens with zero attached hydrogens (tertiary/aromatic N) is 2. The van der Waals surface area contributed by atoms with Gasteiger partial charge in [0.1, 0.15) is 5.75 Å². The first-order valence-corrected chi connectivity index (χ1v) is 9.92. The molecule has 1 aliphatic rings. The zero-order valence-corrected chi connectivity index (χ0v) is 15.9. The van der Waals surface area contributed by atoms with E-state index in [-0.39, 0.29) is 18.4 Å². The Kier molecular flexibility index (Phi) is 6.80. The monoisotopic (exact) mass is 369 g/mol. The first-order chi connectivity index (χ1) is 11.9. The molecular weight excluding hydrogens is 342 g/mol. The summed E-state index contributed by atoms with van der Waals surface area (Å²) in [6, 6.07) is 7.57. The molecule has 1 atom stereocenters. The maximum Gasteiger partial charge on any atom is 0.281 e. The molecule has 1 heterocycles. The van der Waals surface area contributed by atoms with Crippen LogP contribution >= 0.6 is 0 Å². The van der Waals surface area contributed by atoms with Gasteiger partial charge in [-0.15, -0.1) is 0 Å². The standard InChI is InChI=1S/C17H27N3O4S/c1-4-24-16-10-6-5-8-14(16)12-18-17(21)15-9-7-11-20(13-15)25(22,23)19(2)3/h5-6,8,10,15H,4,7,9,11-13H2,1-3H3,(H,18,21)/t15-/m1/s1. The van der Waals surface area contributed by atoms with Crippen LogP contribution in [0.2, 0.25) is 0 Å². The minimum atomic E-state index is -3.48. The Bertz CT molecular complexity index is 691. The molecule has 8 heteroatoms. The van der Waals surface area contributed by atoms with E-state index in [9.17, 15) is 13.2 Å². The van der Waals surface area contributed by atoms with E-state index in [4.69, 9.17) is 4.74 Å². The van der Waals surface area contributed by atoms with Gasteiger partial charge in [0.05, 0.1) is 12.5 Å². The van der Waals surface area contributed by atoms with E-state index in [1.807, 2.05) is 31.2 Å². The molecule has 25 heavy (non-hydrogen) atoms. The largest absolute Gasteiger partial charge is 0.494 e. The lowest BCUT2D eigenvalue weighted by atomic mass is 9.98. The summed E-state index contributed by atoms with van der Waals surface area (Å²) in [5.74, 6) is 0.304. The Balaban J connectivity index is 1.97. The summed E-state index contributed by atoms with van der Waals surface area (Å²) in [6.45, 7) is 3.52. The van der Waals surface area contributed by atoms with Crippen molar-refractivity contribution >= 4 is 16.1 Å². The van der Waals surface area contributed by atoms with Crippen molar-refractivity contribution in [3.63, 3.8) is 0 Å². The average Bonchev–Trinajstić information content (AvgIpc) is 2.61. The zero-order valence-electron chi connectivity index (χ0n) is 15.1. The number of carbonyl (C=O) groups excluding carboxylic acids is 1. The highest BCUT2D eigenvalue weighted by atomic mass is 32.2. The lowest BCUT2D eigenvalue weighted by Crippen LogP contribution is -2.48. The lowest BCUT2D eigenvalue weighted by Gasteiger charge is -2.32. The van der Waals surface area contributed by atoms with Crippen LogP contribution in [0.25, 0.3) is 0 Å². The quantitative estimate of drug-likeness (QED) is 0.784. The fraction of sp³-hybridized carbons (Fsp3) is 0.588. The lowest BCUT2D eigenvalue weighted by molar-refractivity contribution is -0.126. The molecule has 1 aromatic carbocycles. The molecule has 1 saturated heterocycles. The van der Waals surface area contributed by atoms with Crippen LogP contribution in [0.5, 0.6) is 5.75 Å². The zero-order chi connectivity index (χ0) is 18.4. The van der Waals surface area contributed by atoms with E-state index in [2.05, 4.69) is 5.32 Å². The van der Waals surface area contributed by atoms with Crippen LogP contribution in [0.1, 0.15) is 25.3 Å². The van der Waals surface area contributed by atoms with Gasteiger partial charge in [0.25, 0.3) is 10.2 Å². The molecule has 0 aromatic heterocycles. The molecule has 0 bridgehead atoms. The average molecular weight is 369 g/mol. The second-order valence-corrected chi connectivity index (χ2v) is 8.39. The van der Waals surface area contributed by atoms with E-state index >= 15 is 0 Å². The van der Waals surface area contributed by atoms with E-state index in [0.29, 0.717) is 32.5 Å². The van der Waals surface area contributed by atoms with Gasteiger partial charge in [-0.25, -0.2) is 0 Å². The van der Waals surface area contributed by atoms with Crippen molar-refractivity contribution in [2.45, 2.75) is 26.3 Å². The molecule has 0 radical (unpaired) electrons. The SMILES string of the molecule is CCOc1ccccc1CNC(=O)[C@@H]1CCCN(S(=O)(=O)N(C)C)C1. The molecule has 0 spiro atoms. The van der Waals surface area contributed by atoms with Crippen LogP contribution in [0.4, 0.5) is 0 Å². The number of rotatable bonds is 7. The number of amides is 1. The molecular formula is C17H27N3O4S. The number of piperidine rings is 1. The molecule has 1 N–H and O–H groups in total. The van der Waals surface area contributed by atoms with Crippen molar-refractivity contribution in [2.75, 3.05) is 33.8 Å². The summed E-state index contributed by atoms with van der Waals surface area (Å²) in [5, 5.41) is 2.91. The van der Waals surface area contributed by atoms with Crippen LogP contribution < -0.4 is 10.1 Å². The van der Waals surface area contributed by atoms with Crippen molar-refractivity contribution in [1.82, 2.24) is 13.9 Å². The maximum atomic E-state index is 12.5. The molecule has 1 amide bonds. The van der Waals surface area contributed by atoms with Crippen molar-refractivity contribution in [3.05, 3.63) is 29.8 Å². The highest BCUT2D eigenvalue weighted by molar-refractivity contribution is 7.86. The molecule has 1 aromatic rings. The summed E-state index contributed by atoms with van der Waals surface area (Å²) in [6.07, 6.45) is 1.37. The smallest absolute Gasteiger partial charge is 0.281 e. The van der Waals surface area contributed by atoms with E-state index in [1.54, 1.807) is 0 Å². The van der Waals surface area contributed by atoms with Crippen molar-refractivity contribution in [2.24, 2.45) is 5.92 Å². The first kappa shape index (κ1) is 19.7. The topological polar surface area (TPSA) is 79.0 Å². The predicted octanol–water partition coefficient (Wildman–Crippen LogP) is 1.22. The fourth-order valence-corrected chi connectivity index (χ4v) is 4.06. The Morgan fingerprint density at radius 2 is 2.08 bits per heavy atom.